The van der Waals surface area contributed by atoms with Crippen LogP contribution in [0.15, 0.2) is 46.3 Å². The smallest absolute Gasteiger partial charge is 0.262 e. The molecule has 3 rings (SSSR count). The summed E-state index contributed by atoms with van der Waals surface area (Å²) in [5, 5.41) is 4.08. The normalized spacial score (nSPS) is 11.0. The molecule has 0 aliphatic carbocycles. The molecule has 5 nitrogen and oxygen atoms in total. The minimum absolute atomic E-state index is 0.0374. The lowest BCUT2D eigenvalue weighted by Crippen LogP contribution is -2.24. The number of amides is 1. The molecule has 0 fully saturated rings. The monoisotopic (exact) mass is 439 g/mol. The number of anilines is 1. The lowest BCUT2D eigenvalue weighted by atomic mass is 10.2. The number of carbonyl (C=O) groups is 1. The van der Waals surface area contributed by atoms with Gasteiger partial charge in [-0.3, -0.25) is 14.2 Å². The Morgan fingerprint density at radius 3 is 2.64 bits per heavy atom. The van der Waals surface area contributed by atoms with Crippen molar-refractivity contribution in [1.29, 1.82) is 0 Å². The second kappa shape index (κ2) is 8.94. The fraction of sp³-hybridized carbons (Fsp3) is 0.211. The Balaban J connectivity index is 1.83. The number of halogens is 3. The van der Waals surface area contributed by atoms with Gasteiger partial charge in [-0.1, -0.05) is 41.9 Å². The zero-order chi connectivity index (χ0) is 20.3. The van der Waals surface area contributed by atoms with Crippen molar-refractivity contribution < 1.29 is 9.18 Å². The second-order valence-corrected chi connectivity index (χ2v) is 7.79. The van der Waals surface area contributed by atoms with E-state index in [1.54, 1.807) is 18.2 Å². The highest BCUT2D eigenvalue weighted by Gasteiger charge is 2.14. The molecule has 3 aromatic rings. The van der Waals surface area contributed by atoms with Gasteiger partial charge < -0.3 is 5.32 Å². The van der Waals surface area contributed by atoms with Crippen LogP contribution in [0, 0.1) is 5.82 Å². The lowest BCUT2D eigenvalue weighted by molar-refractivity contribution is -0.113. The van der Waals surface area contributed by atoms with E-state index in [4.69, 9.17) is 23.2 Å². The predicted octanol–water partition coefficient (Wildman–Crippen LogP) is 4.98. The van der Waals surface area contributed by atoms with Gasteiger partial charge in [0.15, 0.2) is 5.16 Å². The van der Waals surface area contributed by atoms with E-state index in [2.05, 4.69) is 10.3 Å². The molecule has 2 aromatic carbocycles. The summed E-state index contributed by atoms with van der Waals surface area (Å²) >= 11 is 12.8. The first-order chi connectivity index (χ1) is 13.4. The molecular weight excluding hydrogens is 424 g/mol. The molecule has 0 aliphatic heterocycles. The van der Waals surface area contributed by atoms with E-state index in [0.717, 1.165) is 24.2 Å². The average Bonchev–Trinajstić information content (AvgIpc) is 2.65. The highest BCUT2D eigenvalue weighted by molar-refractivity contribution is 7.99. The van der Waals surface area contributed by atoms with Crippen LogP contribution in [0.2, 0.25) is 10.0 Å². The van der Waals surface area contributed by atoms with Crippen LogP contribution in [0.4, 0.5) is 10.1 Å². The molecule has 0 atom stereocenters. The van der Waals surface area contributed by atoms with Gasteiger partial charge in [0, 0.05) is 16.6 Å². The molecule has 1 aromatic heterocycles. The number of thioether (sulfide) groups is 1. The minimum Gasteiger partial charge on any atom is -0.323 e. The van der Waals surface area contributed by atoms with Gasteiger partial charge in [-0.2, -0.15) is 0 Å². The Kier molecular flexibility index (Phi) is 6.59. The van der Waals surface area contributed by atoms with E-state index in [1.807, 2.05) is 6.92 Å². The minimum atomic E-state index is -0.618. The van der Waals surface area contributed by atoms with Gasteiger partial charge in [0.2, 0.25) is 5.91 Å². The Hall–Kier alpha value is -2.09. The summed E-state index contributed by atoms with van der Waals surface area (Å²) in [6, 6.07) is 8.90. The van der Waals surface area contributed by atoms with Crippen molar-refractivity contribution in [3.63, 3.8) is 0 Å². The van der Waals surface area contributed by atoms with Crippen LogP contribution in [0.1, 0.15) is 13.3 Å². The van der Waals surface area contributed by atoms with E-state index in [9.17, 15) is 14.0 Å². The van der Waals surface area contributed by atoms with Crippen LogP contribution >= 0.6 is 35.0 Å². The molecule has 0 saturated heterocycles. The van der Waals surface area contributed by atoms with Gasteiger partial charge >= 0.3 is 0 Å². The summed E-state index contributed by atoms with van der Waals surface area (Å²) in [5.41, 5.74) is 0.325. The number of fused-ring (bicyclic) bond motifs is 1. The van der Waals surface area contributed by atoms with E-state index in [1.165, 1.54) is 16.7 Å². The van der Waals surface area contributed by atoms with Gasteiger partial charge in [0.25, 0.3) is 5.56 Å². The van der Waals surface area contributed by atoms with Gasteiger partial charge in [-0.15, -0.1) is 0 Å². The van der Waals surface area contributed by atoms with Crippen molar-refractivity contribution in [2.75, 3.05) is 11.1 Å². The fourth-order valence-electron chi connectivity index (χ4n) is 2.61. The van der Waals surface area contributed by atoms with Gasteiger partial charge in [-0.25, -0.2) is 9.37 Å². The number of benzene rings is 2. The first-order valence-corrected chi connectivity index (χ1v) is 10.2. The Labute approximate surface area is 174 Å². The summed E-state index contributed by atoms with van der Waals surface area (Å²) < 4.78 is 15.4. The molecule has 28 heavy (non-hydrogen) atoms. The van der Waals surface area contributed by atoms with Crippen LogP contribution in [0.5, 0.6) is 0 Å². The maximum absolute atomic E-state index is 13.8. The quantitative estimate of drug-likeness (QED) is 0.434. The van der Waals surface area contributed by atoms with Crippen LogP contribution in [0.25, 0.3) is 10.9 Å². The molecule has 146 valence electrons. The van der Waals surface area contributed by atoms with Crippen molar-refractivity contribution in [3.8, 4) is 0 Å². The van der Waals surface area contributed by atoms with Crippen LogP contribution < -0.4 is 10.9 Å². The Morgan fingerprint density at radius 1 is 1.21 bits per heavy atom. The van der Waals surface area contributed by atoms with Crippen LogP contribution in [-0.2, 0) is 11.3 Å². The highest BCUT2D eigenvalue weighted by Crippen LogP contribution is 2.22. The highest BCUT2D eigenvalue weighted by atomic mass is 35.5. The topological polar surface area (TPSA) is 64.0 Å². The standard InChI is InChI=1S/C19H16Cl2FN3O2S/c1-2-7-25-18(27)13-5-3-12(21)9-16(13)24-19(25)28-10-17(26)23-15-6-4-11(20)8-14(15)22/h3-6,8-9H,2,7,10H2,1H3,(H,23,26). The number of nitrogens with one attached hydrogen (secondary N) is 1. The third-order valence-electron chi connectivity index (χ3n) is 3.87. The average molecular weight is 440 g/mol. The molecule has 0 bridgehead atoms. The molecule has 1 N–H and O–H groups in total. The van der Waals surface area contributed by atoms with Gasteiger partial charge in [-0.05, 0) is 42.8 Å². The number of nitrogens with zero attached hydrogens (tertiary/aromatic N) is 2. The summed E-state index contributed by atoms with van der Waals surface area (Å²) in [7, 11) is 0. The fourth-order valence-corrected chi connectivity index (χ4v) is 3.76. The van der Waals surface area contributed by atoms with E-state index >= 15 is 0 Å². The summed E-state index contributed by atoms with van der Waals surface area (Å²) in [6.07, 6.45) is 0.733. The summed E-state index contributed by atoms with van der Waals surface area (Å²) in [6.45, 7) is 2.42. The zero-order valence-electron chi connectivity index (χ0n) is 14.8. The first kappa shape index (κ1) is 20.6. The Bertz CT molecular complexity index is 1100. The van der Waals surface area contributed by atoms with Crippen molar-refractivity contribution in [2.24, 2.45) is 0 Å². The zero-order valence-corrected chi connectivity index (χ0v) is 17.2. The number of carbonyl (C=O) groups excluding carboxylic acids is 1. The third kappa shape index (κ3) is 4.66. The Morgan fingerprint density at radius 2 is 1.93 bits per heavy atom. The molecule has 1 heterocycles. The molecule has 0 spiro atoms. The third-order valence-corrected chi connectivity index (χ3v) is 5.31. The van der Waals surface area contributed by atoms with Gasteiger partial charge in [0.1, 0.15) is 5.82 Å². The summed E-state index contributed by atoms with van der Waals surface area (Å²) in [5.74, 6) is -1.08. The van der Waals surface area contributed by atoms with Crippen LogP contribution in [0.3, 0.4) is 0 Å². The first-order valence-electron chi connectivity index (χ1n) is 8.47. The van der Waals surface area contributed by atoms with E-state index < -0.39 is 11.7 Å². The maximum atomic E-state index is 13.8. The van der Waals surface area contributed by atoms with Gasteiger partial charge in [0.05, 0.1) is 22.3 Å². The molecular formula is C19H16Cl2FN3O2S. The van der Waals surface area contributed by atoms with Crippen molar-refractivity contribution >= 4 is 57.5 Å². The SMILES string of the molecule is CCCn1c(SCC(=O)Nc2ccc(Cl)cc2F)nc2cc(Cl)ccc2c1=O. The number of hydrogen-bond acceptors (Lipinski definition) is 4. The number of hydrogen-bond donors (Lipinski definition) is 1. The largest absolute Gasteiger partial charge is 0.323 e. The molecule has 0 radical (unpaired) electrons. The molecule has 0 saturated carbocycles. The van der Waals surface area contributed by atoms with Crippen LogP contribution in [-0.4, -0.2) is 21.2 Å². The maximum Gasteiger partial charge on any atom is 0.262 e. The van der Waals surface area contributed by atoms with Crippen molar-refractivity contribution in [2.45, 2.75) is 25.0 Å². The molecule has 9 heteroatoms. The molecule has 0 unspecified atom stereocenters. The molecule has 1 amide bonds. The number of aromatic nitrogens is 2. The van der Waals surface area contributed by atoms with Crippen molar-refractivity contribution in [3.05, 3.63) is 62.6 Å². The van der Waals surface area contributed by atoms with E-state index in [-0.39, 0.29) is 22.0 Å². The van der Waals surface area contributed by atoms with E-state index in [0.29, 0.717) is 27.6 Å². The predicted molar refractivity (Wildman–Crippen MR) is 112 cm³/mol. The lowest BCUT2D eigenvalue weighted by Gasteiger charge is -2.12. The van der Waals surface area contributed by atoms with Crippen molar-refractivity contribution in [1.82, 2.24) is 9.55 Å². The summed E-state index contributed by atoms with van der Waals surface area (Å²) in [4.78, 5) is 29.5. The second-order valence-electron chi connectivity index (χ2n) is 5.97. The number of rotatable bonds is 6. The molecule has 0 aliphatic rings.